The van der Waals surface area contributed by atoms with Gasteiger partial charge in [-0.15, -0.1) is 0 Å². The fraction of sp³-hybridized carbons (Fsp3) is 0.273. The number of nitriles is 1. The van der Waals surface area contributed by atoms with Gasteiger partial charge in [-0.3, -0.25) is 0 Å². The first-order valence-corrected chi connectivity index (χ1v) is 6.51. The van der Waals surface area contributed by atoms with Crippen molar-refractivity contribution in [2.45, 2.75) is 12.3 Å². The van der Waals surface area contributed by atoms with Crippen molar-refractivity contribution in [2.24, 2.45) is 0 Å². The molecule has 0 atom stereocenters. The van der Waals surface area contributed by atoms with Crippen LogP contribution in [0.15, 0.2) is 16.6 Å². The van der Waals surface area contributed by atoms with Gasteiger partial charge in [0, 0.05) is 9.80 Å². The van der Waals surface area contributed by atoms with E-state index in [1.807, 2.05) is 6.07 Å². The van der Waals surface area contributed by atoms with Crippen molar-refractivity contribution in [3.05, 3.63) is 33.3 Å². The summed E-state index contributed by atoms with van der Waals surface area (Å²) in [6, 6.07) is 5.34. The number of benzene rings is 1. The summed E-state index contributed by atoms with van der Waals surface area (Å²) in [5, 5.41) is 9.44. The summed E-state index contributed by atoms with van der Waals surface area (Å²) in [5.41, 5.74) is 1.39. The lowest BCUT2D eigenvalue weighted by atomic mass is 10.0. The van der Waals surface area contributed by atoms with E-state index in [1.54, 1.807) is 19.1 Å². The highest BCUT2D eigenvalue weighted by molar-refractivity contribution is 9.10. The number of halogens is 2. The Morgan fingerprint density at radius 3 is 2.75 bits per heavy atom. The second kappa shape index (κ2) is 6.02. The minimum absolute atomic E-state index is 0.290. The molecule has 0 aliphatic carbocycles. The number of hydrogen-bond acceptors (Lipinski definition) is 3. The smallest absolute Gasteiger partial charge is 0.339 e. The van der Waals surface area contributed by atoms with Gasteiger partial charge in [-0.2, -0.15) is 5.26 Å². The van der Waals surface area contributed by atoms with Crippen molar-refractivity contribution in [3.63, 3.8) is 0 Å². The average molecular weight is 347 g/mol. The largest absolute Gasteiger partial charge is 0.462 e. The molecule has 0 aliphatic rings. The van der Waals surface area contributed by atoms with Gasteiger partial charge >= 0.3 is 5.97 Å². The molecule has 0 unspecified atom stereocenters. The van der Waals surface area contributed by atoms with E-state index >= 15 is 0 Å². The lowest BCUT2D eigenvalue weighted by Gasteiger charge is -2.10. The minimum atomic E-state index is -0.463. The van der Waals surface area contributed by atoms with Crippen LogP contribution < -0.4 is 0 Å². The zero-order valence-electron chi connectivity index (χ0n) is 8.59. The summed E-state index contributed by atoms with van der Waals surface area (Å²) in [6.45, 7) is 2.02. The number of esters is 1. The second-order valence-corrected chi connectivity index (χ2v) is 4.33. The Hall–Kier alpha value is -0.860. The molecular formula is C11H9Br2NO2. The standard InChI is InChI=1S/C11H9Br2NO2/c1-2-16-11(15)10-7(6-14)3-4-9(13)8(10)5-12/h3-4H,2,5H2,1H3. The number of carbonyl (C=O) groups is 1. The maximum atomic E-state index is 11.7. The van der Waals surface area contributed by atoms with Crippen LogP contribution in [0, 0.1) is 11.3 Å². The Morgan fingerprint density at radius 1 is 1.56 bits per heavy atom. The topological polar surface area (TPSA) is 50.1 Å². The molecule has 1 aromatic rings. The van der Waals surface area contributed by atoms with Gasteiger partial charge in [0.05, 0.1) is 17.7 Å². The number of carbonyl (C=O) groups excluding carboxylic acids is 1. The molecule has 0 radical (unpaired) electrons. The third-order valence-electron chi connectivity index (χ3n) is 1.99. The van der Waals surface area contributed by atoms with Gasteiger partial charge in [-0.05, 0) is 24.6 Å². The molecule has 0 spiro atoms. The monoisotopic (exact) mass is 345 g/mol. The SMILES string of the molecule is CCOC(=O)c1c(C#N)ccc(Br)c1CBr. The summed E-state index contributed by atoms with van der Waals surface area (Å²) in [4.78, 5) is 11.7. The molecule has 16 heavy (non-hydrogen) atoms. The fourth-order valence-electron chi connectivity index (χ4n) is 1.28. The number of nitrogens with zero attached hydrogens (tertiary/aromatic N) is 1. The molecule has 84 valence electrons. The molecular weight excluding hydrogens is 338 g/mol. The normalized spacial score (nSPS) is 9.62. The molecule has 0 N–H and O–H groups in total. The van der Waals surface area contributed by atoms with Crippen LogP contribution in [0.25, 0.3) is 0 Å². The molecule has 1 rings (SSSR count). The lowest BCUT2D eigenvalue weighted by Crippen LogP contribution is -2.10. The van der Waals surface area contributed by atoms with Gasteiger partial charge in [0.1, 0.15) is 6.07 Å². The zero-order valence-corrected chi connectivity index (χ0v) is 11.8. The highest BCUT2D eigenvalue weighted by Gasteiger charge is 2.19. The van der Waals surface area contributed by atoms with Gasteiger partial charge in [-0.25, -0.2) is 4.79 Å². The lowest BCUT2D eigenvalue weighted by molar-refractivity contribution is 0.0525. The zero-order chi connectivity index (χ0) is 12.1. The van der Waals surface area contributed by atoms with Gasteiger partial charge in [-0.1, -0.05) is 31.9 Å². The van der Waals surface area contributed by atoms with Crippen LogP contribution in [0.4, 0.5) is 0 Å². The molecule has 1 aromatic carbocycles. The second-order valence-electron chi connectivity index (χ2n) is 2.91. The van der Waals surface area contributed by atoms with Crippen molar-refractivity contribution in [1.29, 1.82) is 5.26 Å². The fourth-order valence-corrected chi connectivity index (χ4v) is 2.71. The summed E-state index contributed by atoms with van der Waals surface area (Å²) in [7, 11) is 0. The summed E-state index contributed by atoms with van der Waals surface area (Å²) in [6.07, 6.45) is 0. The maximum Gasteiger partial charge on any atom is 0.339 e. The molecule has 0 aromatic heterocycles. The van der Waals surface area contributed by atoms with Crippen LogP contribution >= 0.6 is 31.9 Å². The third kappa shape index (κ3) is 2.63. The Labute approximate surface area is 111 Å². The molecule has 0 aliphatic heterocycles. The van der Waals surface area contributed by atoms with Crippen molar-refractivity contribution in [1.82, 2.24) is 0 Å². The minimum Gasteiger partial charge on any atom is -0.462 e. The molecule has 0 saturated heterocycles. The van der Waals surface area contributed by atoms with Crippen molar-refractivity contribution in [3.8, 4) is 6.07 Å². The van der Waals surface area contributed by atoms with E-state index in [0.29, 0.717) is 16.5 Å². The molecule has 0 fully saturated rings. The van der Waals surface area contributed by atoms with Gasteiger partial charge in [0.2, 0.25) is 0 Å². The van der Waals surface area contributed by atoms with E-state index in [-0.39, 0.29) is 6.61 Å². The molecule has 0 bridgehead atoms. The van der Waals surface area contributed by atoms with Crippen LogP contribution in [0.3, 0.4) is 0 Å². The van der Waals surface area contributed by atoms with E-state index in [9.17, 15) is 4.79 Å². The summed E-state index contributed by atoms with van der Waals surface area (Å²) < 4.78 is 5.72. The number of rotatable bonds is 3. The first-order chi connectivity index (χ1) is 7.65. The number of hydrogen-bond donors (Lipinski definition) is 0. The Bertz CT molecular complexity index is 452. The quantitative estimate of drug-likeness (QED) is 0.622. The molecule has 0 heterocycles. The van der Waals surface area contributed by atoms with Gasteiger partial charge < -0.3 is 4.74 Å². The van der Waals surface area contributed by atoms with E-state index in [1.165, 1.54) is 0 Å². The average Bonchev–Trinajstić information content (AvgIpc) is 2.28. The van der Waals surface area contributed by atoms with Gasteiger partial charge in [0.15, 0.2) is 0 Å². The van der Waals surface area contributed by atoms with Crippen LogP contribution in [-0.2, 0) is 10.1 Å². The van der Waals surface area contributed by atoms with Crippen molar-refractivity contribution >= 4 is 37.8 Å². The Morgan fingerprint density at radius 2 is 2.25 bits per heavy atom. The molecule has 5 heteroatoms. The highest BCUT2D eigenvalue weighted by atomic mass is 79.9. The van der Waals surface area contributed by atoms with E-state index in [2.05, 4.69) is 31.9 Å². The first kappa shape index (κ1) is 13.2. The molecule has 0 amide bonds. The molecule has 0 saturated carbocycles. The Balaban J connectivity index is 3.37. The predicted molar refractivity (Wildman–Crippen MR) is 67.4 cm³/mol. The van der Waals surface area contributed by atoms with E-state index in [4.69, 9.17) is 10.00 Å². The van der Waals surface area contributed by atoms with Crippen LogP contribution in [0.5, 0.6) is 0 Å². The van der Waals surface area contributed by atoms with E-state index < -0.39 is 5.97 Å². The predicted octanol–water partition coefficient (Wildman–Crippen LogP) is 3.39. The van der Waals surface area contributed by atoms with Crippen molar-refractivity contribution in [2.75, 3.05) is 6.61 Å². The van der Waals surface area contributed by atoms with Crippen LogP contribution in [-0.4, -0.2) is 12.6 Å². The van der Waals surface area contributed by atoms with Gasteiger partial charge in [0.25, 0.3) is 0 Å². The Kier molecular flexibility index (Phi) is 4.97. The maximum absolute atomic E-state index is 11.7. The number of alkyl halides is 1. The summed E-state index contributed by atoms with van der Waals surface area (Å²) in [5.74, 6) is -0.463. The van der Waals surface area contributed by atoms with E-state index in [0.717, 1.165) is 10.0 Å². The first-order valence-electron chi connectivity index (χ1n) is 4.60. The van der Waals surface area contributed by atoms with Crippen LogP contribution in [0.2, 0.25) is 0 Å². The van der Waals surface area contributed by atoms with Crippen molar-refractivity contribution < 1.29 is 9.53 Å². The highest BCUT2D eigenvalue weighted by Crippen LogP contribution is 2.26. The molecule has 3 nitrogen and oxygen atoms in total. The third-order valence-corrected chi connectivity index (χ3v) is 3.29. The van der Waals surface area contributed by atoms with Crippen LogP contribution in [0.1, 0.15) is 28.4 Å². The number of ether oxygens (including phenoxy) is 1. The summed E-state index contributed by atoms with van der Waals surface area (Å²) >= 11 is 6.64.